The molecule has 10 unspecified atom stereocenters. The molecule has 5 aliphatic heterocycles. The lowest BCUT2D eigenvalue weighted by Gasteiger charge is -2.50. The van der Waals surface area contributed by atoms with Crippen molar-refractivity contribution in [3.63, 3.8) is 0 Å². The van der Waals surface area contributed by atoms with Crippen LogP contribution in [0.25, 0.3) is 0 Å². The first kappa shape index (κ1) is 40.6. The number of hydrogen-bond acceptors (Lipinski definition) is 13. The second-order valence-electron chi connectivity index (χ2n) is 16.5. The molecular formula is C40H60O13. The van der Waals surface area contributed by atoms with E-state index < -0.39 is 91.1 Å². The van der Waals surface area contributed by atoms with Crippen molar-refractivity contribution in [1.29, 1.82) is 0 Å². The zero-order valence-electron chi connectivity index (χ0n) is 32.0. The summed E-state index contributed by atoms with van der Waals surface area (Å²) in [5, 5.41) is 54.1. The maximum Gasteiger partial charge on any atom is 0.316 e. The minimum absolute atomic E-state index is 0.0438. The lowest BCUT2D eigenvalue weighted by molar-refractivity contribution is -0.340. The van der Waals surface area contributed by atoms with Crippen LogP contribution in [0.4, 0.5) is 0 Å². The van der Waals surface area contributed by atoms with Gasteiger partial charge in [-0.25, -0.2) is 0 Å². The highest BCUT2D eigenvalue weighted by Crippen LogP contribution is 2.48. The van der Waals surface area contributed by atoms with Gasteiger partial charge in [-0.1, -0.05) is 58.1 Å². The van der Waals surface area contributed by atoms with E-state index in [1.165, 1.54) is 0 Å². The van der Waals surface area contributed by atoms with E-state index in [4.69, 9.17) is 33.2 Å². The number of aliphatic hydroxyl groups excluding tert-OH is 4. The number of carbonyl (C=O) groups is 1. The summed E-state index contributed by atoms with van der Waals surface area (Å²) >= 11 is 0. The van der Waals surface area contributed by atoms with E-state index in [0.29, 0.717) is 37.2 Å². The van der Waals surface area contributed by atoms with Crippen LogP contribution < -0.4 is 0 Å². The molecule has 13 heteroatoms. The Morgan fingerprint density at radius 3 is 2.47 bits per heavy atom. The molecule has 6 aliphatic rings. The van der Waals surface area contributed by atoms with Crippen molar-refractivity contribution in [2.45, 2.75) is 152 Å². The molecule has 298 valence electrons. The number of carbonyl (C=O) groups excluding carboxylic acids is 1. The number of ether oxygens (including phenoxy) is 7. The molecule has 2 bridgehead atoms. The highest BCUT2D eigenvalue weighted by molar-refractivity contribution is 5.78. The highest BCUT2D eigenvalue weighted by atomic mass is 16.7. The van der Waals surface area contributed by atoms with Crippen LogP contribution in [0.5, 0.6) is 0 Å². The molecule has 16 atom stereocenters. The van der Waals surface area contributed by atoms with Crippen LogP contribution in [0.15, 0.2) is 47.1 Å². The summed E-state index contributed by atoms with van der Waals surface area (Å²) in [7, 11) is 1.55. The first-order chi connectivity index (χ1) is 25.1. The summed E-state index contributed by atoms with van der Waals surface area (Å²) in [4.78, 5) is 14.3. The van der Waals surface area contributed by atoms with Gasteiger partial charge in [0.2, 0.25) is 0 Å². The van der Waals surface area contributed by atoms with E-state index in [1.807, 2.05) is 32.9 Å². The minimum atomic E-state index is -1.74. The fourth-order valence-corrected chi connectivity index (χ4v) is 9.27. The molecule has 4 fully saturated rings. The molecule has 4 saturated heterocycles. The number of allylic oxidation sites excluding steroid dienone is 2. The predicted octanol–water partition coefficient (Wildman–Crippen LogP) is 2.62. The molecule has 0 saturated carbocycles. The molecule has 0 aromatic heterocycles. The van der Waals surface area contributed by atoms with E-state index in [2.05, 4.69) is 20.8 Å². The Labute approximate surface area is 312 Å². The Balaban J connectivity index is 1.39. The lowest BCUT2D eigenvalue weighted by Crippen LogP contribution is -2.60. The van der Waals surface area contributed by atoms with Gasteiger partial charge in [0.1, 0.15) is 54.2 Å². The molecule has 53 heavy (non-hydrogen) atoms. The third kappa shape index (κ3) is 7.86. The standard InChI is InChI=1S/C40H60O13/c1-20(2)33-23(5)13-14-39(53-33)17-27-16-26(52-39)12-11-22(4)34(51-38-32(44)31(43)30(42)29(18-41)50-38)21(3)9-8-10-25-19-48-36-35(47-7)24(6)15-28(37(45)49-27)40(25,36)46/h8-11,15,20-21,23,26-36,38,41-44,46H,12-14,16-19H2,1-7H3/b9-8+,22-11+,25-10+/t21?,23?,26?,27?,28?,29-,30-,31+,32-,33?,34-,35?,36?,38+,39?,40?/m1/s1. The van der Waals surface area contributed by atoms with Gasteiger partial charge in [-0.05, 0) is 55.2 Å². The first-order valence-corrected chi connectivity index (χ1v) is 19.2. The Morgan fingerprint density at radius 2 is 1.77 bits per heavy atom. The Kier molecular flexibility index (Phi) is 12.4. The lowest BCUT2D eigenvalue weighted by atomic mass is 9.70. The fourth-order valence-electron chi connectivity index (χ4n) is 9.27. The third-order valence-corrected chi connectivity index (χ3v) is 12.3. The van der Waals surface area contributed by atoms with E-state index in [1.54, 1.807) is 25.3 Å². The molecule has 0 aromatic rings. The van der Waals surface area contributed by atoms with Crippen LogP contribution >= 0.6 is 0 Å². The van der Waals surface area contributed by atoms with Gasteiger partial charge in [0, 0.05) is 32.3 Å². The average Bonchev–Trinajstić information content (AvgIpc) is 3.45. The quantitative estimate of drug-likeness (QED) is 0.205. The molecule has 5 N–H and O–H groups in total. The Bertz CT molecular complexity index is 1440. The summed E-state index contributed by atoms with van der Waals surface area (Å²) in [5.74, 6) is -2.33. The van der Waals surface area contributed by atoms with Crippen LogP contribution in [-0.2, 0) is 38.0 Å². The van der Waals surface area contributed by atoms with Gasteiger partial charge >= 0.3 is 5.97 Å². The van der Waals surface area contributed by atoms with Crippen molar-refractivity contribution in [2.24, 2.45) is 23.7 Å². The normalized spacial score (nSPS) is 49.3. The highest BCUT2D eigenvalue weighted by Gasteiger charge is 2.60. The summed E-state index contributed by atoms with van der Waals surface area (Å²) < 4.78 is 44.1. The van der Waals surface area contributed by atoms with E-state index in [-0.39, 0.29) is 24.5 Å². The molecular weight excluding hydrogens is 688 g/mol. The van der Waals surface area contributed by atoms with Crippen molar-refractivity contribution in [2.75, 3.05) is 20.3 Å². The van der Waals surface area contributed by atoms with Gasteiger partial charge in [-0.3, -0.25) is 4.79 Å². The van der Waals surface area contributed by atoms with Gasteiger partial charge in [0.05, 0.1) is 31.5 Å². The smallest absolute Gasteiger partial charge is 0.316 e. The van der Waals surface area contributed by atoms with Gasteiger partial charge in [0.25, 0.3) is 0 Å². The van der Waals surface area contributed by atoms with Gasteiger partial charge < -0.3 is 58.7 Å². The average molecular weight is 749 g/mol. The predicted molar refractivity (Wildman–Crippen MR) is 191 cm³/mol. The van der Waals surface area contributed by atoms with Crippen molar-refractivity contribution >= 4 is 5.97 Å². The maximum atomic E-state index is 14.3. The number of methoxy groups -OCH3 is 1. The monoisotopic (exact) mass is 748 g/mol. The summed E-state index contributed by atoms with van der Waals surface area (Å²) in [6.07, 6.45) is 1.56. The zero-order chi connectivity index (χ0) is 38.4. The van der Waals surface area contributed by atoms with E-state index in [0.717, 1.165) is 17.6 Å². The molecule has 0 aromatic carbocycles. The fraction of sp³-hybridized carbons (Fsp3) is 0.775. The topological polar surface area (TPSA) is 183 Å². The van der Waals surface area contributed by atoms with Gasteiger partial charge in [0.15, 0.2) is 12.1 Å². The van der Waals surface area contributed by atoms with Crippen molar-refractivity contribution in [3.8, 4) is 0 Å². The number of fused-ring (bicyclic) bond motifs is 2. The van der Waals surface area contributed by atoms with Gasteiger partial charge in [-0.2, -0.15) is 0 Å². The molecule has 0 amide bonds. The number of rotatable bonds is 5. The van der Waals surface area contributed by atoms with E-state index in [9.17, 15) is 30.3 Å². The van der Waals surface area contributed by atoms with E-state index >= 15 is 0 Å². The van der Waals surface area contributed by atoms with Crippen molar-refractivity contribution < 1.29 is 63.5 Å². The minimum Gasteiger partial charge on any atom is -0.462 e. The van der Waals surface area contributed by atoms with Crippen LogP contribution in [0.2, 0.25) is 0 Å². The van der Waals surface area contributed by atoms with Crippen LogP contribution in [0.1, 0.15) is 73.6 Å². The Hall–Kier alpha value is -2.01. The van der Waals surface area contributed by atoms with Crippen LogP contribution in [0, 0.1) is 23.7 Å². The molecule has 5 heterocycles. The van der Waals surface area contributed by atoms with Crippen LogP contribution in [-0.4, -0.2) is 131 Å². The molecule has 1 spiro atoms. The third-order valence-electron chi connectivity index (χ3n) is 12.3. The largest absolute Gasteiger partial charge is 0.462 e. The number of hydrogen-bond donors (Lipinski definition) is 5. The van der Waals surface area contributed by atoms with Crippen LogP contribution in [0.3, 0.4) is 0 Å². The summed E-state index contributed by atoms with van der Waals surface area (Å²) in [6, 6.07) is 0. The number of esters is 1. The maximum absolute atomic E-state index is 14.3. The van der Waals surface area contributed by atoms with Gasteiger partial charge in [-0.15, -0.1) is 0 Å². The zero-order valence-corrected chi connectivity index (χ0v) is 32.0. The second kappa shape index (κ2) is 16.2. The second-order valence-corrected chi connectivity index (χ2v) is 16.5. The summed E-state index contributed by atoms with van der Waals surface area (Å²) in [6.45, 7) is 11.6. The van der Waals surface area contributed by atoms with Crippen molar-refractivity contribution in [3.05, 3.63) is 47.1 Å². The molecule has 1 aliphatic carbocycles. The molecule has 13 nitrogen and oxygen atoms in total. The first-order valence-electron chi connectivity index (χ1n) is 19.2. The SMILES string of the molecule is COC1C(C)=CC2C(=O)OC3CC(C/C=C(\C)[C@H](O[C@@H]4O[C@H](CO)[C@@H](O)[C@H](O)[C@H]4O)C(C)/C=C/C=C4\COC1C42O)OC1(CCC(C)C(C(C)C)O1)C3. The molecule has 0 radical (unpaired) electrons. The summed E-state index contributed by atoms with van der Waals surface area (Å²) in [5.41, 5.74) is 0.303. The number of aliphatic hydroxyl groups is 5. The Morgan fingerprint density at radius 1 is 1.02 bits per heavy atom. The molecule has 6 rings (SSSR count). The van der Waals surface area contributed by atoms with Crippen molar-refractivity contribution in [1.82, 2.24) is 0 Å².